The average molecular weight is 333 g/mol. The van der Waals surface area contributed by atoms with Crippen LogP contribution in [0.3, 0.4) is 0 Å². The van der Waals surface area contributed by atoms with Crippen molar-refractivity contribution in [3.8, 4) is 22.6 Å². The Morgan fingerprint density at radius 1 is 0.960 bits per heavy atom. The number of nitrogens with zero attached hydrogens (tertiary/aromatic N) is 1. The highest BCUT2D eigenvalue weighted by atomic mass is 16.4. The van der Waals surface area contributed by atoms with Gasteiger partial charge in [-0.15, -0.1) is 0 Å². The highest BCUT2D eigenvalue weighted by molar-refractivity contribution is 5.82. The molecule has 25 heavy (non-hydrogen) atoms. The first-order valence-electron chi connectivity index (χ1n) is 8.86. The first-order valence-corrected chi connectivity index (χ1v) is 8.86. The van der Waals surface area contributed by atoms with Crippen LogP contribution in [0.1, 0.15) is 39.0 Å². The molecule has 2 aromatic carbocycles. The van der Waals surface area contributed by atoms with Crippen LogP contribution in [0.5, 0.6) is 0 Å². The summed E-state index contributed by atoms with van der Waals surface area (Å²) in [4.78, 5) is 16.3. The summed E-state index contributed by atoms with van der Waals surface area (Å²) in [5.74, 6) is 1.88. The Hall–Kier alpha value is -2.68. The number of oxazole rings is 1. The topological polar surface area (TPSA) is 43.1 Å². The zero-order valence-corrected chi connectivity index (χ0v) is 14.9. The summed E-state index contributed by atoms with van der Waals surface area (Å²) in [7, 11) is 0. The van der Waals surface area contributed by atoms with Crippen LogP contribution < -0.4 is 0 Å². The van der Waals surface area contributed by atoms with Crippen LogP contribution in [0.25, 0.3) is 22.6 Å². The monoisotopic (exact) mass is 333 g/mol. The highest BCUT2D eigenvalue weighted by Gasteiger charge is 2.45. The van der Waals surface area contributed by atoms with E-state index in [0.29, 0.717) is 5.89 Å². The molecule has 1 fully saturated rings. The van der Waals surface area contributed by atoms with Gasteiger partial charge < -0.3 is 4.42 Å². The lowest BCUT2D eigenvalue weighted by atomic mass is 10.1. The molecule has 4 rings (SSSR count). The number of ketones is 1. The van der Waals surface area contributed by atoms with Crippen molar-refractivity contribution >= 4 is 5.78 Å². The van der Waals surface area contributed by atoms with E-state index in [4.69, 9.17) is 9.40 Å². The van der Waals surface area contributed by atoms with Crippen molar-refractivity contribution in [2.24, 2.45) is 5.92 Å². The van der Waals surface area contributed by atoms with E-state index in [2.05, 4.69) is 0 Å². The molecule has 1 aromatic heterocycles. The molecule has 3 heteroatoms. The van der Waals surface area contributed by atoms with Crippen LogP contribution in [0.4, 0.5) is 0 Å². The third-order valence-corrected chi connectivity index (χ3v) is 4.36. The lowest BCUT2D eigenvalue weighted by Gasteiger charge is -2.00. The molecule has 128 valence electrons. The van der Waals surface area contributed by atoms with Crippen molar-refractivity contribution in [2.75, 3.05) is 0 Å². The largest absolute Gasteiger partial charge is 0.440 e. The van der Waals surface area contributed by atoms with Gasteiger partial charge >= 0.3 is 0 Å². The van der Waals surface area contributed by atoms with Crippen LogP contribution in [0.15, 0.2) is 65.1 Å². The molecule has 0 aliphatic heterocycles. The Morgan fingerprint density at radius 2 is 1.52 bits per heavy atom. The van der Waals surface area contributed by atoms with Crippen LogP contribution in [-0.4, -0.2) is 10.8 Å². The molecule has 0 saturated heterocycles. The van der Waals surface area contributed by atoms with E-state index >= 15 is 0 Å². The molecule has 0 radical (unpaired) electrons. The van der Waals surface area contributed by atoms with Crippen molar-refractivity contribution < 1.29 is 9.21 Å². The fourth-order valence-electron chi connectivity index (χ4n) is 2.99. The summed E-state index contributed by atoms with van der Waals surface area (Å²) < 4.78 is 6.10. The van der Waals surface area contributed by atoms with E-state index in [1.54, 1.807) is 6.92 Å². The summed E-state index contributed by atoms with van der Waals surface area (Å²) in [6, 6.07) is 20.0. The molecule has 1 aliphatic rings. The molecule has 1 aliphatic carbocycles. The standard InChI is InChI=1S/C20H17NO2.C2H6/c1-13(22)16-12-17(16)20-21-18(14-8-4-2-5-9-14)19(23-20)15-10-6-3-7-11-15;1-2/h2-11,16-17H,12H2,1H3;1-2H3. The van der Waals surface area contributed by atoms with Gasteiger partial charge in [0.15, 0.2) is 11.7 Å². The van der Waals surface area contributed by atoms with Gasteiger partial charge in [0.1, 0.15) is 11.5 Å². The number of Topliss-reactive ketones (excluding diaryl/α,β-unsaturated/α-hetero) is 1. The van der Waals surface area contributed by atoms with E-state index in [0.717, 1.165) is 29.0 Å². The van der Waals surface area contributed by atoms with Crippen molar-refractivity contribution in [1.82, 2.24) is 4.98 Å². The number of carbonyl (C=O) groups is 1. The summed E-state index contributed by atoms with van der Waals surface area (Å²) in [6.45, 7) is 5.64. The second-order valence-corrected chi connectivity index (χ2v) is 6.02. The van der Waals surface area contributed by atoms with Crippen LogP contribution in [0.2, 0.25) is 0 Å². The third-order valence-electron chi connectivity index (χ3n) is 4.36. The van der Waals surface area contributed by atoms with Gasteiger partial charge in [0.05, 0.1) is 0 Å². The van der Waals surface area contributed by atoms with Crippen LogP contribution >= 0.6 is 0 Å². The number of rotatable bonds is 4. The van der Waals surface area contributed by atoms with Gasteiger partial charge in [-0.05, 0) is 13.3 Å². The summed E-state index contributed by atoms with van der Waals surface area (Å²) in [5.41, 5.74) is 2.88. The van der Waals surface area contributed by atoms with Crippen LogP contribution in [0, 0.1) is 5.92 Å². The predicted molar refractivity (Wildman–Crippen MR) is 100 cm³/mol. The molecule has 3 aromatic rings. The molecular formula is C22H23NO2. The third kappa shape index (κ3) is 3.55. The van der Waals surface area contributed by atoms with E-state index in [1.807, 2.05) is 74.5 Å². The minimum atomic E-state index is 0.0703. The maximum Gasteiger partial charge on any atom is 0.199 e. The summed E-state index contributed by atoms with van der Waals surface area (Å²) in [5, 5.41) is 0. The van der Waals surface area contributed by atoms with Gasteiger partial charge in [-0.3, -0.25) is 4.79 Å². The fraction of sp³-hybridized carbons (Fsp3) is 0.273. The van der Waals surface area contributed by atoms with Crippen molar-refractivity contribution in [3.05, 3.63) is 66.6 Å². The Balaban J connectivity index is 0.000000880. The molecule has 0 N–H and O–H groups in total. The average Bonchev–Trinajstić information content (AvgIpc) is 3.37. The number of hydrogen-bond acceptors (Lipinski definition) is 3. The molecule has 2 atom stereocenters. The Bertz CT molecular complexity index is 780. The second-order valence-electron chi connectivity index (χ2n) is 6.02. The Kier molecular flexibility index (Phi) is 5.13. The maximum absolute atomic E-state index is 11.6. The fourth-order valence-corrected chi connectivity index (χ4v) is 2.99. The van der Waals surface area contributed by atoms with Gasteiger partial charge in [-0.25, -0.2) is 4.98 Å². The first-order chi connectivity index (χ1) is 12.2. The minimum absolute atomic E-state index is 0.0703. The molecule has 0 bridgehead atoms. The number of benzene rings is 2. The van der Waals surface area contributed by atoms with Gasteiger partial charge in [0.25, 0.3) is 0 Å². The predicted octanol–water partition coefficient (Wildman–Crippen LogP) is 5.73. The van der Waals surface area contributed by atoms with Gasteiger partial charge in [0, 0.05) is 23.0 Å². The lowest BCUT2D eigenvalue weighted by molar-refractivity contribution is -0.118. The van der Waals surface area contributed by atoms with Crippen molar-refractivity contribution in [1.29, 1.82) is 0 Å². The first kappa shape index (κ1) is 17.2. The van der Waals surface area contributed by atoms with Gasteiger partial charge in [0.2, 0.25) is 0 Å². The van der Waals surface area contributed by atoms with Gasteiger partial charge in [-0.1, -0.05) is 74.5 Å². The van der Waals surface area contributed by atoms with Crippen molar-refractivity contribution in [3.63, 3.8) is 0 Å². The molecule has 1 heterocycles. The highest BCUT2D eigenvalue weighted by Crippen LogP contribution is 2.49. The second kappa shape index (κ2) is 7.47. The molecule has 0 amide bonds. The van der Waals surface area contributed by atoms with Gasteiger partial charge in [-0.2, -0.15) is 0 Å². The van der Waals surface area contributed by atoms with E-state index in [1.165, 1.54) is 0 Å². The summed E-state index contributed by atoms with van der Waals surface area (Å²) in [6.07, 6.45) is 0.846. The number of aromatic nitrogens is 1. The Morgan fingerprint density at radius 3 is 2.04 bits per heavy atom. The molecule has 3 nitrogen and oxygen atoms in total. The zero-order chi connectivity index (χ0) is 17.8. The minimum Gasteiger partial charge on any atom is -0.440 e. The Labute approximate surface area is 148 Å². The van der Waals surface area contributed by atoms with E-state index in [-0.39, 0.29) is 17.6 Å². The van der Waals surface area contributed by atoms with Crippen molar-refractivity contribution in [2.45, 2.75) is 33.1 Å². The summed E-state index contributed by atoms with van der Waals surface area (Å²) >= 11 is 0. The quantitative estimate of drug-likeness (QED) is 0.612. The lowest BCUT2D eigenvalue weighted by Crippen LogP contribution is -1.94. The molecular weight excluding hydrogens is 310 g/mol. The van der Waals surface area contributed by atoms with E-state index < -0.39 is 0 Å². The maximum atomic E-state index is 11.6. The zero-order valence-electron chi connectivity index (χ0n) is 14.9. The SMILES string of the molecule is CC.CC(=O)C1CC1c1nc(-c2ccccc2)c(-c2ccccc2)o1. The molecule has 0 spiro atoms. The smallest absolute Gasteiger partial charge is 0.199 e. The van der Waals surface area contributed by atoms with E-state index in [9.17, 15) is 4.79 Å². The van der Waals surface area contributed by atoms with Crippen LogP contribution in [-0.2, 0) is 4.79 Å². The molecule has 2 unspecified atom stereocenters. The normalized spacial score (nSPS) is 18.2. The number of carbonyl (C=O) groups excluding carboxylic acids is 1. The number of hydrogen-bond donors (Lipinski definition) is 0. The molecule has 1 saturated carbocycles.